The molecule has 0 aliphatic carbocycles. The van der Waals surface area contributed by atoms with E-state index in [1.54, 1.807) is 19.1 Å². The van der Waals surface area contributed by atoms with Crippen molar-refractivity contribution in [2.75, 3.05) is 11.8 Å². The number of nitrogens with zero attached hydrogens (tertiary/aromatic N) is 2. The smallest absolute Gasteiger partial charge is 0.329 e. The van der Waals surface area contributed by atoms with E-state index in [2.05, 4.69) is 20.2 Å². The highest BCUT2D eigenvalue weighted by Crippen LogP contribution is 2.19. The topological polar surface area (TPSA) is 97.1 Å². The van der Waals surface area contributed by atoms with Crippen molar-refractivity contribution in [1.82, 2.24) is 15.5 Å². The molecule has 0 amide bonds. The molecule has 0 saturated carbocycles. The van der Waals surface area contributed by atoms with Crippen LogP contribution in [-0.4, -0.2) is 25.7 Å². The summed E-state index contributed by atoms with van der Waals surface area (Å²) in [6, 6.07) is 6.57. The van der Waals surface area contributed by atoms with Crippen LogP contribution in [0, 0.1) is 6.92 Å². The SMILES string of the molecule is CNC(C)c1cccc(S(=O)(=O)Nc2nnc(C)o2)c1. The fourth-order valence-electron chi connectivity index (χ4n) is 1.63. The Morgan fingerprint density at radius 2 is 2.05 bits per heavy atom. The molecular weight excluding hydrogens is 280 g/mol. The summed E-state index contributed by atoms with van der Waals surface area (Å²) in [7, 11) is -1.93. The summed E-state index contributed by atoms with van der Waals surface area (Å²) in [6.07, 6.45) is 0. The highest BCUT2D eigenvalue weighted by Gasteiger charge is 2.18. The monoisotopic (exact) mass is 296 g/mol. The molecule has 1 heterocycles. The first-order valence-corrected chi connectivity index (χ1v) is 7.51. The van der Waals surface area contributed by atoms with Gasteiger partial charge in [-0.1, -0.05) is 17.2 Å². The van der Waals surface area contributed by atoms with Crippen LogP contribution in [-0.2, 0) is 10.0 Å². The molecule has 0 fully saturated rings. The van der Waals surface area contributed by atoms with Crippen molar-refractivity contribution in [2.45, 2.75) is 24.8 Å². The quantitative estimate of drug-likeness (QED) is 0.867. The van der Waals surface area contributed by atoms with Crippen molar-refractivity contribution in [3.63, 3.8) is 0 Å². The van der Waals surface area contributed by atoms with Crippen LogP contribution in [0.1, 0.15) is 24.4 Å². The van der Waals surface area contributed by atoms with Crippen LogP contribution in [0.3, 0.4) is 0 Å². The van der Waals surface area contributed by atoms with E-state index < -0.39 is 10.0 Å². The molecule has 2 N–H and O–H groups in total. The van der Waals surface area contributed by atoms with Gasteiger partial charge in [0.15, 0.2) is 0 Å². The highest BCUT2D eigenvalue weighted by atomic mass is 32.2. The Morgan fingerprint density at radius 3 is 2.65 bits per heavy atom. The summed E-state index contributed by atoms with van der Waals surface area (Å²) < 4.78 is 31.7. The second kappa shape index (κ2) is 5.59. The van der Waals surface area contributed by atoms with Gasteiger partial charge in [0, 0.05) is 13.0 Å². The van der Waals surface area contributed by atoms with Crippen LogP contribution in [0.4, 0.5) is 6.01 Å². The standard InChI is InChI=1S/C12H16N4O3S/c1-8(13-3)10-5-4-6-11(7-10)20(17,18)16-12-15-14-9(2)19-12/h4-8,13H,1-3H3,(H,15,16). The molecule has 1 aromatic carbocycles. The molecule has 8 heteroatoms. The first-order chi connectivity index (χ1) is 9.42. The summed E-state index contributed by atoms with van der Waals surface area (Å²) in [5, 5.41) is 10.2. The molecule has 2 aromatic rings. The molecule has 0 aliphatic heterocycles. The molecule has 0 aliphatic rings. The predicted octanol–water partition coefficient (Wildman–Crippen LogP) is 1.46. The van der Waals surface area contributed by atoms with Crippen molar-refractivity contribution in [1.29, 1.82) is 0 Å². The average Bonchev–Trinajstić information content (AvgIpc) is 2.82. The number of hydrogen-bond donors (Lipinski definition) is 2. The Kier molecular flexibility index (Phi) is 4.05. The van der Waals surface area contributed by atoms with Crippen molar-refractivity contribution in [3.05, 3.63) is 35.7 Å². The van der Waals surface area contributed by atoms with Crippen molar-refractivity contribution in [2.24, 2.45) is 0 Å². The maximum Gasteiger partial charge on any atom is 0.329 e. The Labute approximate surface area is 117 Å². The number of hydrogen-bond acceptors (Lipinski definition) is 6. The predicted molar refractivity (Wildman–Crippen MR) is 73.8 cm³/mol. The van der Waals surface area contributed by atoms with E-state index >= 15 is 0 Å². The lowest BCUT2D eigenvalue weighted by atomic mass is 10.1. The molecule has 0 saturated heterocycles. The molecular formula is C12H16N4O3S. The third-order valence-electron chi connectivity index (χ3n) is 2.85. The summed E-state index contributed by atoms with van der Waals surface area (Å²) in [5.41, 5.74) is 0.872. The molecule has 1 unspecified atom stereocenters. The highest BCUT2D eigenvalue weighted by molar-refractivity contribution is 7.92. The van der Waals surface area contributed by atoms with Crippen molar-refractivity contribution in [3.8, 4) is 0 Å². The molecule has 0 radical (unpaired) electrons. The fourth-order valence-corrected chi connectivity index (χ4v) is 2.61. The van der Waals surface area contributed by atoms with E-state index in [0.717, 1.165) is 5.56 Å². The lowest BCUT2D eigenvalue weighted by molar-refractivity contribution is 0.534. The first kappa shape index (κ1) is 14.5. The van der Waals surface area contributed by atoms with Crippen LogP contribution >= 0.6 is 0 Å². The minimum absolute atomic E-state index is 0.0517. The number of sulfonamides is 1. The number of aromatic nitrogens is 2. The summed E-state index contributed by atoms with van der Waals surface area (Å²) >= 11 is 0. The molecule has 2 rings (SSSR count). The zero-order valence-electron chi connectivity index (χ0n) is 11.4. The second-order valence-corrected chi connectivity index (χ2v) is 6.00. The molecule has 1 aromatic heterocycles. The maximum atomic E-state index is 12.2. The van der Waals surface area contributed by atoms with Crippen LogP contribution in [0.2, 0.25) is 0 Å². The summed E-state index contributed by atoms with van der Waals surface area (Å²) in [4.78, 5) is 0.146. The number of anilines is 1. The molecule has 1 atom stereocenters. The first-order valence-electron chi connectivity index (χ1n) is 6.02. The number of aryl methyl sites for hydroxylation is 1. The summed E-state index contributed by atoms with van der Waals surface area (Å²) in [6.45, 7) is 3.53. The van der Waals surface area contributed by atoms with E-state index in [-0.39, 0.29) is 17.0 Å². The number of benzene rings is 1. The van der Waals surface area contributed by atoms with Crippen molar-refractivity contribution < 1.29 is 12.8 Å². The Morgan fingerprint density at radius 1 is 1.30 bits per heavy atom. The van der Waals surface area contributed by atoms with E-state index in [0.29, 0.717) is 5.89 Å². The third kappa shape index (κ3) is 3.14. The second-order valence-electron chi connectivity index (χ2n) is 4.31. The van der Waals surface area contributed by atoms with Crippen molar-refractivity contribution >= 4 is 16.0 Å². The Bertz CT molecular complexity index is 696. The lowest BCUT2D eigenvalue weighted by Crippen LogP contribution is -2.16. The third-order valence-corrected chi connectivity index (χ3v) is 4.17. The molecule has 20 heavy (non-hydrogen) atoms. The number of rotatable bonds is 5. The van der Waals surface area contributed by atoms with Gasteiger partial charge in [-0.3, -0.25) is 0 Å². The van der Waals surface area contributed by atoms with Gasteiger partial charge in [0.25, 0.3) is 10.0 Å². The fraction of sp³-hybridized carbons (Fsp3) is 0.333. The Hall–Kier alpha value is -1.93. The van der Waals surface area contributed by atoms with Gasteiger partial charge >= 0.3 is 6.01 Å². The van der Waals surface area contributed by atoms with Gasteiger partial charge in [0.2, 0.25) is 5.89 Å². The van der Waals surface area contributed by atoms with Gasteiger partial charge in [-0.15, -0.1) is 5.10 Å². The van der Waals surface area contributed by atoms with Gasteiger partial charge < -0.3 is 9.73 Å². The van der Waals surface area contributed by atoms with Crippen LogP contribution in [0.5, 0.6) is 0 Å². The van der Waals surface area contributed by atoms with Crippen LogP contribution in [0.15, 0.2) is 33.6 Å². The van der Waals surface area contributed by atoms with Crippen LogP contribution in [0.25, 0.3) is 0 Å². The minimum atomic E-state index is -3.74. The van der Waals surface area contributed by atoms with Gasteiger partial charge in [0.1, 0.15) is 0 Å². The number of nitrogens with one attached hydrogen (secondary N) is 2. The molecule has 108 valence electrons. The Balaban J connectivity index is 2.29. The minimum Gasteiger partial charge on any atom is -0.408 e. The average molecular weight is 296 g/mol. The maximum absolute atomic E-state index is 12.2. The van der Waals surface area contributed by atoms with Gasteiger partial charge in [0.05, 0.1) is 4.90 Å². The van der Waals surface area contributed by atoms with Gasteiger partial charge in [-0.05, 0) is 31.7 Å². The van der Waals surface area contributed by atoms with Crippen LogP contribution < -0.4 is 10.0 Å². The van der Waals surface area contributed by atoms with E-state index in [1.807, 2.05) is 20.0 Å². The molecule has 0 bridgehead atoms. The zero-order chi connectivity index (χ0) is 14.8. The molecule has 7 nitrogen and oxygen atoms in total. The zero-order valence-corrected chi connectivity index (χ0v) is 12.2. The summed E-state index contributed by atoms with van der Waals surface area (Å²) in [5.74, 6) is 0.292. The lowest BCUT2D eigenvalue weighted by Gasteiger charge is -2.12. The van der Waals surface area contributed by atoms with E-state index in [9.17, 15) is 8.42 Å². The van der Waals surface area contributed by atoms with E-state index in [4.69, 9.17) is 4.42 Å². The van der Waals surface area contributed by atoms with Gasteiger partial charge in [-0.2, -0.15) is 0 Å². The normalized spacial score (nSPS) is 13.2. The van der Waals surface area contributed by atoms with Gasteiger partial charge in [-0.25, -0.2) is 13.1 Å². The van der Waals surface area contributed by atoms with E-state index in [1.165, 1.54) is 6.07 Å². The largest absolute Gasteiger partial charge is 0.408 e. The molecule has 0 spiro atoms.